The molecule has 0 aromatic rings. The monoisotopic (exact) mass is 750 g/mol. The molecule has 6 nitrogen and oxygen atoms in total. The first-order valence-corrected chi connectivity index (χ1v) is 23.4. The van der Waals surface area contributed by atoms with Crippen LogP contribution in [0.5, 0.6) is 0 Å². The highest BCUT2D eigenvalue weighted by molar-refractivity contribution is 5.77. The molecule has 0 aliphatic rings. The van der Waals surface area contributed by atoms with Crippen LogP contribution in [0.25, 0.3) is 0 Å². The van der Waals surface area contributed by atoms with Crippen molar-refractivity contribution in [1.82, 2.24) is 5.32 Å². The summed E-state index contributed by atoms with van der Waals surface area (Å²) in [5.41, 5.74) is 0. The fraction of sp³-hybridized carbons (Fsp3) is 0.915. The summed E-state index contributed by atoms with van der Waals surface area (Å²) in [5.74, 6) is -0.485. The lowest BCUT2D eigenvalue weighted by atomic mass is 10.0. The molecule has 6 heteroatoms. The molecule has 0 aliphatic carbocycles. The van der Waals surface area contributed by atoms with Crippen LogP contribution in [0.15, 0.2) is 12.2 Å². The van der Waals surface area contributed by atoms with Gasteiger partial charge in [0.25, 0.3) is 0 Å². The van der Waals surface area contributed by atoms with Gasteiger partial charge in [-0.1, -0.05) is 200 Å². The van der Waals surface area contributed by atoms with E-state index in [0.29, 0.717) is 19.3 Å². The van der Waals surface area contributed by atoms with Crippen molar-refractivity contribution in [3.8, 4) is 0 Å². The maximum atomic E-state index is 13.1. The number of hydrogen-bond donors (Lipinski definition) is 3. The van der Waals surface area contributed by atoms with Crippen LogP contribution in [0.1, 0.15) is 252 Å². The molecule has 0 radical (unpaired) electrons. The number of aliphatic hydroxyl groups excluding tert-OH is 2. The zero-order valence-electron chi connectivity index (χ0n) is 35.7. The van der Waals surface area contributed by atoms with Crippen molar-refractivity contribution in [2.45, 2.75) is 270 Å². The van der Waals surface area contributed by atoms with Gasteiger partial charge in [-0.25, -0.2) is 0 Å². The minimum absolute atomic E-state index is 0.0770. The van der Waals surface area contributed by atoms with Gasteiger partial charge in [-0.15, -0.1) is 0 Å². The highest BCUT2D eigenvalue weighted by Crippen LogP contribution is 2.17. The molecular formula is C47H91NO5. The Morgan fingerprint density at radius 3 is 1.34 bits per heavy atom. The van der Waals surface area contributed by atoms with Crippen LogP contribution in [-0.4, -0.2) is 46.9 Å². The molecule has 0 rings (SSSR count). The van der Waals surface area contributed by atoms with Crippen molar-refractivity contribution in [1.29, 1.82) is 0 Å². The second-order valence-electron chi connectivity index (χ2n) is 16.2. The molecule has 0 bridgehead atoms. The second-order valence-corrected chi connectivity index (χ2v) is 16.2. The van der Waals surface area contributed by atoms with E-state index in [-0.39, 0.29) is 24.9 Å². The van der Waals surface area contributed by atoms with Crippen LogP contribution < -0.4 is 5.32 Å². The molecule has 0 heterocycles. The lowest BCUT2D eigenvalue weighted by molar-refractivity contribution is -0.151. The van der Waals surface area contributed by atoms with Crippen LogP contribution in [0.4, 0.5) is 0 Å². The predicted octanol–water partition coefficient (Wildman–Crippen LogP) is 13.4. The Balaban J connectivity index is 4.47. The minimum atomic E-state index is -0.782. The minimum Gasteiger partial charge on any atom is -0.462 e. The van der Waals surface area contributed by atoms with Gasteiger partial charge in [-0.3, -0.25) is 9.59 Å². The van der Waals surface area contributed by atoms with Gasteiger partial charge in [0.15, 0.2) is 0 Å². The topological polar surface area (TPSA) is 95.9 Å². The number of amides is 1. The first-order chi connectivity index (χ1) is 26.0. The fourth-order valence-corrected chi connectivity index (χ4v) is 7.25. The lowest BCUT2D eigenvalue weighted by Crippen LogP contribution is -2.46. The third-order valence-electron chi connectivity index (χ3n) is 10.8. The van der Waals surface area contributed by atoms with E-state index in [1.165, 1.54) is 154 Å². The highest BCUT2D eigenvalue weighted by Gasteiger charge is 2.24. The van der Waals surface area contributed by atoms with Crippen LogP contribution in [0.2, 0.25) is 0 Å². The Morgan fingerprint density at radius 2 is 0.906 bits per heavy atom. The number of nitrogens with one attached hydrogen (secondary N) is 1. The summed E-state index contributed by atoms with van der Waals surface area (Å²) in [7, 11) is 0. The Kier molecular flexibility index (Phi) is 40.7. The van der Waals surface area contributed by atoms with Gasteiger partial charge in [0, 0.05) is 6.42 Å². The Morgan fingerprint density at radius 1 is 0.528 bits per heavy atom. The van der Waals surface area contributed by atoms with Crippen molar-refractivity contribution in [3.63, 3.8) is 0 Å². The number of carbonyl (C=O) groups is 2. The van der Waals surface area contributed by atoms with Crippen molar-refractivity contribution in [3.05, 3.63) is 12.2 Å². The molecule has 0 aliphatic heterocycles. The zero-order chi connectivity index (χ0) is 38.9. The molecule has 0 fully saturated rings. The predicted molar refractivity (Wildman–Crippen MR) is 227 cm³/mol. The first-order valence-electron chi connectivity index (χ1n) is 23.4. The quantitative estimate of drug-likeness (QED) is 0.0328. The van der Waals surface area contributed by atoms with E-state index in [2.05, 4.69) is 38.2 Å². The summed E-state index contributed by atoms with van der Waals surface area (Å²) in [6, 6.07) is -0.695. The van der Waals surface area contributed by atoms with E-state index >= 15 is 0 Å². The summed E-state index contributed by atoms with van der Waals surface area (Å²) in [5, 5.41) is 23.6. The zero-order valence-corrected chi connectivity index (χ0v) is 35.7. The van der Waals surface area contributed by atoms with Crippen LogP contribution in [0.3, 0.4) is 0 Å². The second kappa shape index (κ2) is 41.8. The summed E-state index contributed by atoms with van der Waals surface area (Å²) >= 11 is 0. The Labute approximate surface area is 329 Å². The van der Waals surface area contributed by atoms with E-state index in [1.807, 2.05) is 0 Å². The van der Waals surface area contributed by atoms with Gasteiger partial charge >= 0.3 is 5.97 Å². The lowest BCUT2D eigenvalue weighted by Gasteiger charge is -2.24. The molecule has 3 unspecified atom stereocenters. The molecular weight excluding hydrogens is 659 g/mol. The number of aliphatic hydroxyl groups is 2. The molecule has 0 spiro atoms. The Bertz CT molecular complexity index is 802. The van der Waals surface area contributed by atoms with E-state index in [1.54, 1.807) is 0 Å². The maximum Gasteiger partial charge on any atom is 0.306 e. The van der Waals surface area contributed by atoms with E-state index in [4.69, 9.17) is 4.74 Å². The summed E-state index contributed by atoms with van der Waals surface area (Å²) in [4.78, 5) is 25.9. The number of allylic oxidation sites excluding steroid dienone is 2. The molecule has 3 atom stereocenters. The smallest absolute Gasteiger partial charge is 0.306 e. The van der Waals surface area contributed by atoms with Gasteiger partial charge < -0.3 is 20.3 Å². The summed E-state index contributed by atoms with van der Waals surface area (Å²) < 4.78 is 5.88. The molecule has 53 heavy (non-hydrogen) atoms. The average Bonchev–Trinajstić information content (AvgIpc) is 3.15. The van der Waals surface area contributed by atoms with Gasteiger partial charge in [0.05, 0.1) is 25.2 Å². The first kappa shape index (κ1) is 51.6. The molecule has 3 N–H and O–H groups in total. The van der Waals surface area contributed by atoms with Crippen molar-refractivity contribution in [2.24, 2.45) is 0 Å². The van der Waals surface area contributed by atoms with Crippen LogP contribution in [-0.2, 0) is 14.3 Å². The number of hydrogen-bond acceptors (Lipinski definition) is 5. The van der Waals surface area contributed by atoms with Gasteiger partial charge in [-0.2, -0.15) is 0 Å². The average molecular weight is 750 g/mol. The van der Waals surface area contributed by atoms with E-state index in [9.17, 15) is 19.8 Å². The fourth-order valence-electron chi connectivity index (χ4n) is 7.25. The number of ether oxygens (including phenoxy) is 1. The van der Waals surface area contributed by atoms with Crippen molar-refractivity contribution >= 4 is 11.9 Å². The number of esters is 1. The molecule has 0 aromatic carbocycles. The molecule has 314 valence electrons. The number of carbonyl (C=O) groups excluding carboxylic acids is 2. The van der Waals surface area contributed by atoms with Gasteiger partial charge in [0.2, 0.25) is 5.91 Å². The largest absolute Gasteiger partial charge is 0.462 e. The summed E-state index contributed by atoms with van der Waals surface area (Å²) in [6.07, 6.45) is 44.2. The third kappa shape index (κ3) is 37.3. The molecule has 1 amide bonds. The standard InChI is InChI=1S/C47H91NO5/c1-4-7-10-13-16-19-21-23-24-26-28-31-34-37-40-47(52)53-43(38-35-32-29-18-15-12-9-6-3)41-46(51)48-44(42-49)45(50)39-36-33-30-27-25-22-20-17-14-11-8-5-2/h24,26,43-45,49-50H,4-23,25,27-42H2,1-3H3,(H,48,51)/b26-24-. The highest BCUT2D eigenvalue weighted by atomic mass is 16.5. The molecule has 0 saturated carbocycles. The summed E-state index contributed by atoms with van der Waals surface area (Å²) in [6.45, 7) is 6.45. The van der Waals surface area contributed by atoms with Gasteiger partial charge in [-0.05, 0) is 51.4 Å². The maximum absolute atomic E-state index is 13.1. The van der Waals surface area contributed by atoms with Crippen molar-refractivity contribution in [2.75, 3.05) is 6.61 Å². The number of unbranched alkanes of at least 4 members (excludes halogenated alkanes) is 28. The third-order valence-corrected chi connectivity index (χ3v) is 10.8. The molecule has 0 aromatic heterocycles. The van der Waals surface area contributed by atoms with E-state index in [0.717, 1.165) is 51.4 Å². The normalized spacial score (nSPS) is 13.4. The van der Waals surface area contributed by atoms with Crippen molar-refractivity contribution < 1.29 is 24.5 Å². The SMILES string of the molecule is CCCCCCCCC/C=C\CCCCCC(=O)OC(CCCCCCCCCC)CC(=O)NC(CO)C(O)CCCCCCCCCCCCCC. The molecule has 0 saturated heterocycles. The van der Waals surface area contributed by atoms with Gasteiger partial charge in [0.1, 0.15) is 6.10 Å². The van der Waals surface area contributed by atoms with Crippen LogP contribution >= 0.6 is 0 Å². The Hall–Kier alpha value is -1.40. The number of rotatable bonds is 42. The van der Waals surface area contributed by atoms with Crippen LogP contribution in [0, 0.1) is 0 Å². The van der Waals surface area contributed by atoms with E-state index < -0.39 is 18.2 Å².